The van der Waals surface area contributed by atoms with Gasteiger partial charge in [-0.25, -0.2) is 4.79 Å². The Bertz CT molecular complexity index is 449. The highest BCUT2D eigenvalue weighted by atomic mass is 16.5. The maximum absolute atomic E-state index is 13.0. The Morgan fingerprint density at radius 2 is 1.62 bits per heavy atom. The van der Waals surface area contributed by atoms with Crippen LogP contribution in [0.2, 0.25) is 0 Å². The van der Waals surface area contributed by atoms with E-state index < -0.39 is 11.4 Å². The lowest BCUT2D eigenvalue weighted by Gasteiger charge is -2.43. The average Bonchev–Trinajstić information content (AvgIpc) is 2.74. The van der Waals surface area contributed by atoms with Gasteiger partial charge in [0.25, 0.3) is 0 Å². The summed E-state index contributed by atoms with van der Waals surface area (Å²) in [6, 6.07) is -0.689. The predicted molar refractivity (Wildman–Crippen MR) is 74.4 cm³/mol. The van der Waals surface area contributed by atoms with Crippen LogP contribution in [0.4, 0.5) is 4.79 Å². The van der Waals surface area contributed by atoms with Crippen LogP contribution in [0.3, 0.4) is 0 Å². The van der Waals surface area contributed by atoms with E-state index in [1.54, 1.807) is 0 Å². The van der Waals surface area contributed by atoms with E-state index >= 15 is 0 Å². The number of hydrogen-bond acceptors (Lipinski definition) is 4. The lowest BCUT2D eigenvalue weighted by atomic mass is 9.76. The molecule has 2 saturated heterocycles. The molecule has 0 aromatic rings. The van der Waals surface area contributed by atoms with Gasteiger partial charge in [-0.3, -0.25) is 19.8 Å². The van der Waals surface area contributed by atoms with Crippen molar-refractivity contribution in [1.29, 1.82) is 0 Å². The Morgan fingerprint density at radius 3 is 2.24 bits per heavy atom. The first-order chi connectivity index (χ1) is 10.1. The summed E-state index contributed by atoms with van der Waals surface area (Å²) < 4.78 is 5.30. The van der Waals surface area contributed by atoms with E-state index in [0.717, 1.165) is 25.7 Å². The van der Waals surface area contributed by atoms with E-state index in [9.17, 15) is 14.4 Å². The molecule has 1 N–H and O–H groups in total. The number of hydrogen-bond donors (Lipinski definition) is 1. The highest BCUT2D eigenvalue weighted by molar-refractivity contribution is 6.19. The number of carbonyl (C=O) groups excluding carboxylic acids is 3. The number of rotatable bonds is 1. The minimum atomic E-state index is -1.01. The van der Waals surface area contributed by atoms with Crippen molar-refractivity contribution in [1.82, 2.24) is 10.2 Å². The Hall–Kier alpha value is -1.43. The Labute approximate surface area is 124 Å². The van der Waals surface area contributed by atoms with Crippen LogP contribution in [0.15, 0.2) is 0 Å². The van der Waals surface area contributed by atoms with Crippen molar-refractivity contribution < 1.29 is 19.1 Å². The van der Waals surface area contributed by atoms with E-state index in [0.29, 0.717) is 38.9 Å². The van der Waals surface area contributed by atoms with E-state index in [1.165, 1.54) is 4.90 Å². The molecule has 0 unspecified atom stereocenters. The number of nitrogens with one attached hydrogen (secondary N) is 1. The van der Waals surface area contributed by atoms with E-state index in [-0.39, 0.29) is 17.9 Å². The monoisotopic (exact) mass is 294 g/mol. The zero-order valence-corrected chi connectivity index (χ0v) is 12.2. The van der Waals surface area contributed by atoms with Crippen molar-refractivity contribution >= 4 is 17.8 Å². The molecule has 6 nitrogen and oxygen atoms in total. The van der Waals surface area contributed by atoms with Gasteiger partial charge in [0, 0.05) is 19.3 Å². The van der Waals surface area contributed by atoms with Gasteiger partial charge in [-0.15, -0.1) is 0 Å². The Kier molecular flexibility index (Phi) is 3.97. The number of urea groups is 1. The Morgan fingerprint density at radius 1 is 1.00 bits per heavy atom. The fourth-order valence-electron chi connectivity index (χ4n) is 3.74. The normalized spacial score (nSPS) is 27.6. The number of nitrogens with zero attached hydrogens (tertiary/aromatic N) is 1. The topological polar surface area (TPSA) is 75.7 Å². The van der Waals surface area contributed by atoms with Gasteiger partial charge < -0.3 is 4.74 Å². The quantitative estimate of drug-likeness (QED) is 0.745. The SMILES string of the molecule is O=C1NC(=O)C2(CCCCCC2)C(=O)N1C1CCOCC1. The summed E-state index contributed by atoms with van der Waals surface area (Å²) in [6.45, 7) is 1.12. The van der Waals surface area contributed by atoms with Crippen molar-refractivity contribution in [2.75, 3.05) is 13.2 Å². The molecule has 1 spiro atoms. The molecule has 2 aliphatic heterocycles. The molecule has 3 fully saturated rings. The van der Waals surface area contributed by atoms with Crippen LogP contribution in [-0.2, 0) is 14.3 Å². The third-order valence-corrected chi connectivity index (χ3v) is 5.02. The van der Waals surface area contributed by atoms with Crippen LogP contribution in [-0.4, -0.2) is 42.0 Å². The summed E-state index contributed by atoms with van der Waals surface area (Å²) in [6.07, 6.45) is 6.27. The molecule has 0 aromatic carbocycles. The molecule has 0 bridgehead atoms. The van der Waals surface area contributed by atoms with E-state index in [4.69, 9.17) is 4.74 Å². The van der Waals surface area contributed by atoms with Gasteiger partial charge in [0.2, 0.25) is 11.8 Å². The smallest absolute Gasteiger partial charge is 0.331 e. The summed E-state index contributed by atoms with van der Waals surface area (Å²) in [7, 11) is 0. The van der Waals surface area contributed by atoms with E-state index in [1.807, 2.05) is 0 Å². The summed E-state index contributed by atoms with van der Waals surface area (Å²) >= 11 is 0. The summed E-state index contributed by atoms with van der Waals surface area (Å²) in [5.74, 6) is -0.659. The molecule has 3 aliphatic rings. The van der Waals surface area contributed by atoms with Gasteiger partial charge in [-0.1, -0.05) is 25.7 Å². The van der Waals surface area contributed by atoms with Gasteiger partial charge in [0.1, 0.15) is 5.41 Å². The first-order valence-electron chi connectivity index (χ1n) is 7.92. The maximum atomic E-state index is 13.0. The van der Waals surface area contributed by atoms with Gasteiger partial charge >= 0.3 is 6.03 Å². The number of ether oxygens (including phenoxy) is 1. The van der Waals surface area contributed by atoms with Crippen LogP contribution in [0.25, 0.3) is 0 Å². The van der Waals surface area contributed by atoms with Gasteiger partial charge in [0.05, 0.1) is 0 Å². The largest absolute Gasteiger partial charge is 0.381 e. The van der Waals surface area contributed by atoms with Gasteiger partial charge in [-0.2, -0.15) is 0 Å². The molecule has 116 valence electrons. The molecule has 0 aromatic heterocycles. The molecule has 1 aliphatic carbocycles. The highest BCUT2D eigenvalue weighted by Gasteiger charge is 2.54. The second-order valence-electron chi connectivity index (χ2n) is 6.27. The summed E-state index contributed by atoms with van der Waals surface area (Å²) in [4.78, 5) is 38.8. The molecule has 21 heavy (non-hydrogen) atoms. The zero-order valence-electron chi connectivity index (χ0n) is 12.2. The number of amides is 4. The number of imide groups is 2. The third kappa shape index (κ3) is 2.46. The van der Waals surface area contributed by atoms with E-state index in [2.05, 4.69) is 5.32 Å². The van der Waals surface area contributed by atoms with Crippen LogP contribution in [0.1, 0.15) is 51.4 Å². The molecule has 2 heterocycles. The second-order valence-corrected chi connectivity index (χ2v) is 6.27. The van der Waals surface area contributed by atoms with Crippen molar-refractivity contribution in [3.8, 4) is 0 Å². The fourth-order valence-corrected chi connectivity index (χ4v) is 3.74. The van der Waals surface area contributed by atoms with Gasteiger partial charge in [0.15, 0.2) is 0 Å². The minimum Gasteiger partial charge on any atom is -0.381 e. The van der Waals surface area contributed by atoms with Crippen LogP contribution in [0.5, 0.6) is 0 Å². The average molecular weight is 294 g/mol. The number of barbiturate groups is 1. The standard InChI is InChI=1S/C15H22N2O4/c18-12-15(7-3-1-2-4-8-15)13(19)17(14(20)16-12)11-5-9-21-10-6-11/h11H,1-10H2,(H,16,18,20). The Balaban J connectivity index is 1.88. The molecule has 0 atom stereocenters. The van der Waals surface area contributed by atoms with Gasteiger partial charge in [-0.05, 0) is 25.7 Å². The lowest BCUT2D eigenvalue weighted by Crippen LogP contribution is -2.66. The van der Waals surface area contributed by atoms with Crippen LogP contribution in [0, 0.1) is 5.41 Å². The molecular weight excluding hydrogens is 272 g/mol. The predicted octanol–water partition coefficient (Wildman–Crippen LogP) is 1.58. The molecule has 6 heteroatoms. The second kappa shape index (κ2) is 5.75. The fraction of sp³-hybridized carbons (Fsp3) is 0.800. The minimum absolute atomic E-state index is 0.139. The summed E-state index contributed by atoms with van der Waals surface area (Å²) in [5, 5.41) is 2.43. The maximum Gasteiger partial charge on any atom is 0.331 e. The zero-order chi connectivity index (χ0) is 14.9. The molecule has 0 radical (unpaired) electrons. The number of carbonyl (C=O) groups is 3. The van der Waals surface area contributed by atoms with Crippen molar-refractivity contribution in [2.24, 2.45) is 5.41 Å². The lowest BCUT2D eigenvalue weighted by molar-refractivity contribution is -0.155. The molecule has 4 amide bonds. The van der Waals surface area contributed by atoms with Crippen molar-refractivity contribution in [3.05, 3.63) is 0 Å². The molecule has 1 saturated carbocycles. The first kappa shape index (κ1) is 14.5. The van der Waals surface area contributed by atoms with Crippen molar-refractivity contribution in [3.63, 3.8) is 0 Å². The van der Waals surface area contributed by atoms with Crippen molar-refractivity contribution in [2.45, 2.75) is 57.4 Å². The molecular formula is C15H22N2O4. The first-order valence-corrected chi connectivity index (χ1v) is 7.92. The summed E-state index contributed by atoms with van der Waals surface area (Å²) in [5.41, 5.74) is -1.01. The third-order valence-electron chi connectivity index (χ3n) is 5.02. The van der Waals surface area contributed by atoms with Crippen LogP contribution < -0.4 is 5.32 Å². The van der Waals surface area contributed by atoms with Crippen LogP contribution >= 0.6 is 0 Å². The molecule has 3 rings (SSSR count). The highest BCUT2D eigenvalue weighted by Crippen LogP contribution is 2.40.